The minimum atomic E-state index is -0.346. The molecular formula is C36H26. The van der Waals surface area contributed by atoms with Crippen molar-refractivity contribution in [2.45, 2.75) is 12.3 Å². The van der Waals surface area contributed by atoms with Gasteiger partial charge in [-0.15, -0.1) is 0 Å². The summed E-state index contributed by atoms with van der Waals surface area (Å²) in [5.41, 5.74) is 11.5. The molecule has 7 rings (SSSR count). The highest BCUT2D eigenvalue weighted by molar-refractivity contribution is 6.00. The Labute approximate surface area is 212 Å². The van der Waals surface area contributed by atoms with Crippen molar-refractivity contribution in [1.29, 1.82) is 0 Å². The van der Waals surface area contributed by atoms with Crippen LogP contribution in [0.2, 0.25) is 0 Å². The van der Waals surface area contributed by atoms with E-state index in [0.717, 1.165) is 0 Å². The van der Waals surface area contributed by atoms with Gasteiger partial charge in [0.2, 0.25) is 0 Å². The molecular weight excluding hydrogens is 432 g/mol. The fourth-order valence-electron chi connectivity index (χ4n) is 6.37. The van der Waals surface area contributed by atoms with Crippen LogP contribution in [-0.2, 0) is 5.41 Å². The van der Waals surface area contributed by atoms with Gasteiger partial charge in [0, 0.05) is 0 Å². The Bertz CT molecular complexity index is 1690. The lowest BCUT2D eigenvalue weighted by molar-refractivity contribution is 0.768. The zero-order valence-corrected chi connectivity index (χ0v) is 20.3. The molecule has 0 heterocycles. The highest BCUT2D eigenvalue weighted by atomic mass is 14.5. The van der Waals surface area contributed by atoms with E-state index in [-0.39, 0.29) is 5.41 Å². The summed E-state index contributed by atoms with van der Waals surface area (Å²) in [4.78, 5) is 0. The van der Waals surface area contributed by atoms with Crippen molar-refractivity contribution in [3.63, 3.8) is 0 Å². The van der Waals surface area contributed by atoms with Gasteiger partial charge in [-0.25, -0.2) is 0 Å². The van der Waals surface area contributed by atoms with Gasteiger partial charge < -0.3 is 0 Å². The summed E-state index contributed by atoms with van der Waals surface area (Å²) in [6.45, 7) is 2.22. The van der Waals surface area contributed by atoms with Crippen LogP contribution in [0, 0.1) is 6.92 Å². The molecule has 1 aliphatic carbocycles. The molecule has 0 nitrogen and oxygen atoms in total. The number of rotatable bonds is 3. The predicted octanol–water partition coefficient (Wildman–Crippen LogP) is 9.18. The lowest BCUT2D eigenvalue weighted by atomic mass is 9.67. The van der Waals surface area contributed by atoms with Gasteiger partial charge in [-0.3, -0.25) is 0 Å². The Kier molecular flexibility index (Phi) is 4.69. The Balaban J connectivity index is 1.57. The van der Waals surface area contributed by atoms with Crippen LogP contribution in [0.15, 0.2) is 140 Å². The zero-order chi connectivity index (χ0) is 24.1. The highest BCUT2D eigenvalue weighted by Gasteiger charge is 2.45. The van der Waals surface area contributed by atoms with Crippen LogP contribution in [0.25, 0.3) is 33.0 Å². The molecule has 0 bridgehead atoms. The standard InChI is InChI=1S/C36H26/c1-25-20-21-26-12-8-9-17-30(26)35(25)27-22-23-34-32(24-27)31-18-10-11-19-33(31)36(34,28-13-4-2-5-14-28)29-15-6-3-7-16-29/h2-24H,1H3. The average molecular weight is 459 g/mol. The van der Waals surface area contributed by atoms with Crippen LogP contribution in [0.3, 0.4) is 0 Å². The quantitative estimate of drug-likeness (QED) is 0.248. The summed E-state index contributed by atoms with van der Waals surface area (Å²) in [5.74, 6) is 0. The number of hydrogen-bond acceptors (Lipinski definition) is 0. The molecule has 0 amide bonds. The third-order valence-electron chi connectivity index (χ3n) is 7.88. The van der Waals surface area contributed by atoms with E-state index in [0.29, 0.717) is 0 Å². The van der Waals surface area contributed by atoms with E-state index >= 15 is 0 Å². The minimum Gasteiger partial charge on any atom is -0.0622 e. The number of aryl methyl sites for hydroxylation is 1. The average Bonchev–Trinajstić information content (AvgIpc) is 3.24. The van der Waals surface area contributed by atoms with Gasteiger partial charge in [0.15, 0.2) is 0 Å². The molecule has 0 fully saturated rings. The SMILES string of the molecule is Cc1ccc2ccccc2c1-c1ccc2c(c1)-c1ccccc1C2(c1ccccc1)c1ccccc1. The van der Waals surface area contributed by atoms with Gasteiger partial charge in [-0.2, -0.15) is 0 Å². The van der Waals surface area contributed by atoms with Gasteiger partial charge >= 0.3 is 0 Å². The molecule has 0 saturated heterocycles. The number of hydrogen-bond donors (Lipinski definition) is 0. The Morgan fingerprint density at radius 3 is 1.83 bits per heavy atom. The third-order valence-corrected chi connectivity index (χ3v) is 7.88. The Morgan fingerprint density at radius 2 is 1.08 bits per heavy atom. The molecule has 6 aromatic carbocycles. The third kappa shape index (κ3) is 2.88. The van der Waals surface area contributed by atoms with Gasteiger partial charge in [-0.05, 0) is 73.8 Å². The Morgan fingerprint density at radius 1 is 0.472 bits per heavy atom. The van der Waals surface area contributed by atoms with E-state index in [2.05, 4.69) is 146 Å². The van der Waals surface area contributed by atoms with Crippen LogP contribution < -0.4 is 0 Å². The van der Waals surface area contributed by atoms with Crippen molar-refractivity contribution in [2.24, 2.45) is 0 Å². The van der Waals surface area contributed by atoms with E-state index in [1.807, 2.05) is 0 Å². The molecule has 0 aliphatic heterocycles. The van der Waals surface area contributed by atoms with Crippen LogP contribution in [-0.4, -0.2) is 0 Å². The minimum absolute atomic E-state index is 0.346. The van der Waals surface area contributed by atoms with E-state index in [4.69, 9.17) is 0 Å². The maximum Gasteiger partial charge on any atom is 0.0713 e. The van der Waals surface area contributed by atoms with Gasteiger partial charge in [0.05, 0.1) is 5.41 Å². The van der Waals surface area contributed by atoms with E-state index < -0.39 is 0 Å². The largest absolute Gasteiger partial charge is 0.0713 e. The molecule has 0 spiro atoms. The molecule has 0 aromatic heterocycles. The van der Waals surface area contributed by atoms with Crippen molar-refractivity contribution in [3.8, 4) is 22.3 Å². The maximum absolute atomic E-state index is 2.43. The first kappa shape index (κ1) is 20.9. The van der Waals surface area contributed by atoms with Crippen molar-refractivity contribution >= 4 is 10.8 Å². The van der Waals surface area contributed by atoms with Crippen LogP contribution in [0.4, 0.5) is 0 Å². The van der Waals surface area contributed by atoms with Gasteiger partial charge in [0.25, 0.3) is 0 Å². The second kappa shape index (κ2) is 8.07. The predicted molar refractivity (Wildman–Crippen MR) is 151 cm³/mol. The van der Waals surface area contributed by atoms with Crippen LogP contribution >= 0.6 is 0 Å². The Hall–Kier alpha value is -4.42. The monoisotopic (exact) mass is 458 g/mol. The van der Waals surface area contributed by atoms with E-state index in [9.17, 15) is 0 Å². The summed E-state index contributed by atoms with van der Waals surface area (Å²) in [7, 11) is 0. The van der Waals surface area contributed by atoms with Gasteiger partial charge in [-0.1, -0.05) is 133 Å². The molecule has 0 radical (unpaired) electrons. The topological polar surface area (TPSA) is 0 Å². The zero-order valence-electron chi connectivity index (χ0n) is 20.3. The molecule has 170 valence electrons. The molecule has 0 N–H and O–H groups in total. The molecule has 6 aromatic rings. The van der Waals surface area contributed by atoms with Crippen LogP contribution in [0.5, 0.6) is 0 Å². The lowest BCUT2D eigenvalue weighted by Gasteiger charge is -2.33. The first-order chi connectivity index (χ1) is 17.8. The number of fused-ring (bicyclic) bond motifs is 4. The van der Waals surface area contributed by atoms with Crippen molar-refractivity contribution in [2.75, 3.05) is 0 Å². The maximum atomic E-state index is 2.43. The lowest BCUT2D eigenvalue weighted by Crippen LogP contribution is -2.28. The smallest absolute Gasteiger partial charge is 0.0622 e. The van der Waals surface area contributed by atoms with E-state index in [1.165, 1.54) is 60.8 Å². The fraction of sp³-hybridized carbons (Fsp3) is 0.0556. The molecule has 0 saturated carbocycles. The summed E-state index contributed by atoms with van der Waals surface area (Å²) in [6, 6.07) is 51.3. The normalized spacial score (nSPS) is 13.4. The highest BCUT2D eigenvalue weighted by Crippen LogP contribution is 2.56. The second-order valence-corrected chi connectivity index (χ2v) is 9.77. The van der Waals surface area contributed by atoms with E-state index in [1.54, 1.807) is 0 Å². The second-order valence-electron chi connectivity index (χ2n) is 9.77. The molecule has 0 unspecified atom stereocenters. The summed E-state index contributed by atoms with van der Waals surface area (Å²) < 4.78 is 0. The van der Waals surface area contributed by atoms with Crippen molar-refractivity contribution in [1.82, 2.24) is 0 Å². The molecule has 0 atom stereocenters. The first-order valence-corrected chi connectivity index (χ1v) is 12.6. The summed E-state index contributed by atoms with van der Waals surface area (Å²) in [6.07, 6.45) is 0. The first-order valence-electron chi connectivity index (χ1n) is 12.6. The van der Waals surface area contributed by atoms with Crippen molar-refractivity contribution in [3.05, 3.63) is 167 Å². The summed E-state index contributed by atoms with van der Waals surface area (Å²) in [5, 5.41) is 2.59. The van der Waals surface area contributed by atoms with Gasteiger partial charge in [0.1, 0.15) is 0 Å². The van der Waals surface area contributed by atoms with Crippen molar-refractivity contribution < 1.29 is 0 Å². The molecule has 1 aliphatic rings. The molecule has 36 heavy (non-hydrogen) atoms. The summed E-state index contributed by atoms with van der Waals surface area (Å²) >= 11 is 0. The van der Waals surface area contributed by atoms with Crippen LogP contribution in [0.1, 0.15) is 27.8 Å². The molecule has 0 heteroatoms. The fourth-order valence-corrected chi connectivity index (χ4v) is 6.37. The number of benzene rings is 6.